The monoisotopic (exact) mass is 257 g/mol. The maximum atomic E-state index is 6.50. The van der Waals surface area contributed by atoms with Crippen LogP contribution in [0.2, 0.25) is 0 Å². The van der Waals surface area contributed by atoms with Crippen molar-refractivity contribution in [3.8, 4) is 23.6 Å². The minimum atomic E-state index is 1.00. The Bertz CT molecular complexity index is 490. The number of nitriles is 2. The number of hydrogen-bond acceptors (Lipinski definition) is 6. The summed E-state index contributed by atoms with van der Waals surface area (Å²) in [6, 6.07) is 8.02. The van der Waals surface area contributed by atoms with Gasteiger partial charge in [-0.2, -0.15) is 5.10 Å². The molecule has 2 aromatic rings. The van der Waals surface area contributed by atoms with Gasteiger partial charge in [0.05, 0.1) is 16.6 Å². The van der Waals surface area contributed by atoms with Crippen LogP contribution >= 0.6 is 11.3 Å². The second kappa shape index (κ2) is 9.52. The van der Waals surface area contributed by atoms with E-state index in [0.29, 0.717) is 0 Å². The normalized spacial score (nSPS) is 8.67. The number of hydrogen-bond donors (Lipinski definition) is 1. The molecule has 0 aliphatic heterocycles. The molecule has 2 N–H and O–H groups in total. The van der Waals surface area contributed by atoms with E-state index in [2.05, 4.69) is 23.2 Å². The van der Waals surface area contributed by atoms with Crippen molar-refractivity contribution >= 4 is 17.6 Å². The molecule has 18 heavy (non-hydrogen) atoms. The first-order valence-corrected chi connectivity index (χ1v) is 5.52. The highest BCUT2D eigenvalue weighted by atomic mass is 32.1. The van der Waals surface area contributed by atoms with Crippen LogP contribution in [-0.4, -0.2) is 11.2 Å². The maximum Gasteiger partial charge on any atom is 0.0797 e. The molecule has 1 aromatic heterocycles. The predicted octanol–water partition coefficient (Wildman–Crippen LogP) is 2.38. The van der Waals surface area contributed by atoms with Crippen LogP contribution in [0.5, 0.6) is 0 Å². The van der Waals surface area contributed by atoms with Crippen LogP contribution in [0.4, 0.5) is 0 Å². The topological polar surface area (TPSA) is 98.8 Å². The molecule has 0 fully saturated rings. The third kappa shape index (κ3) is 4.44. The molecule has 0 bridgehead atoms. The molecular weight excluding hydrogens is 246 g/mol. The quantitative estimate of drug-likeness (QED) is 0.507. The molecule has 90 valence electrons. The summed E-state index contributed by atoms with van der Waals surface area (Å²) in [6.07, 6.45) is 3.48. The maximum absolute atomic E-state index is 6.50. The standard InChI is InChI=1S/C10H9N3S.2CHN/c11-13-5-8-1-3-9(4-2-8)10-6-12-7-14-10;2*1-2/h1-7H,11H2;2*1H. The van der Waals surface area contributed by atoms with Crippen molar-refractivity contribution < 1.29 is 0 Å². The number of hydrazone groups is 1. The zero-order valence-electron chi connectivity index (χ0n) is 9.47. The smallest absolute Gasteiger partial charge is 0.0797 e. The molecule has 5 nitrogen and oxygen atoms in total. The highest BCUT2D eigenvalue weighted by Crippen LogP contribution is 2.22. The van der Waals surface area contributed by atoms with Crippen LogP contribution in [0.15, 0.2) is 41.1 Å². The van der Waals surface area contributed by atoms with Gasteiger partial charge in [-0.15, -0.1) is 11.3 Å². The Morgan fingerprint density at radius 1 is 1.17 bits per heavy atom. The summed E-state index contributed by atoms with van der Waals surface area (Å²) in [5.41, 5.74) is 3.99. The fourth-order valence-corrected chi connectivity index (χ4v) is 1.81. The van der Waals surface area contributed by atoms with Gasteiger partial charge in [0, 0.05) is 19.3 Å². The average molecular weight is 257 g/mol. The molecule has 0 atom stereocenters. The SMILES string of the molecule is C#N.C#N.NN=Cc1ccc(-c2cncs2)cc1. The van der Waals surface area contributed by atoms with Crippen molar-refractivity contribution in [3.05, 3.63) is 41.5 Å². The lowest BCUT2D eigenvalue weighted by Crippen LogP contribution is -1.85. The second-order valence-corrected chi connectivity index (χ2v) is 3.65. The van der Waals surface area contributed by atoms with E-state index < -0.39 is 0 Å². The summed E-state index contributed by atoms with van der Waals surface area (Å²) in [4.78, 5) is 5.20. The van der Waals surface area contributed by atoms with Crippen molar-refractivity contribution in [2.45, 2.75) is 0 Å². The predicted molar refractivity (Wildman–Crippen MR) is 72.7 cm³/mol. The minimum absolute atomic E-state index is 1.00. The number of rotatable bonds is 2. The Morgan fingerprint density at radius 3 is 2.22 bits per heavy atom. The molecule has 0 spiro atoms. The zero-order valence-corrected chi connectivity index (χ0v) is 10.3. The summed E-state index contributed by atoms with van der Waals surface area (Å²) in [5, 5.41) is 16.5. The van der Waals surface area contributed by atoms with Gasteiger partial charge in [-0.25, -0.2) is 10.5 Å². The molecule has 0 unspecified atom stereocenters. The summed E-state index contributed by atoms with van der Waals surface area (Å²) in [7, 11) is 0. The fourth-order valence-electron chi connectivity index (χ4n) is 1.18. The zero-order chi connectivity index (χ0) is 13.8. The lowest BCUT2D eigenvalue weighted by molar-refractivity contribution is 1.26. The number of benzene rings is 1. The van der Waals surface area contributed by atoms with E-state index in [9.17, 15) is 0 Å². The van der Waals surface area contributed by atoms with Gasteiger partial charge in [0.2, 0.25) is 0 Å². The molecule has 0 amide bonds. The van der Waals surface area contributed by atoms with Gasteiger partial charge < -0.3 is 5.84 Å². The van der Waals surface area contributed by atoms with E-state index in [1.807, 2.05) is 36.0 Å². The van der Waals surface area contributed by atoms with E-state index >= 15 is 0 Å². The first kappa shape index (κ1) is 15.3. The number of nitrogens with zero attached hydrogens (tertiary/aromatic N) is 4. The highest BCUT2D eigenvalue weighted by Gasteiger charge is 1.97. The van der Waals surface area contributed by atoms with Crippen LogP contribution in [0.1, 0.15) is 5.56 Å². The largest absolute Gasteiger partial charge is 0.323 e. The Balaban J connectivity index is 0.000000659. The molecular formula is C12H11N5S. The molecule has 0 saturated heterocycles. The molecule has 0 aliphatic carbocycles. The van der Waals surface area contributed by atoms with Crippen LogP contribution in [0, 0.1) is 23.7 Å². The van der Waals surface area contributed by atoms with Crippen molar-refractivity contribution in [1.82, 2.24) is 4.98 Å². The molecule has 6 heteroatoms. The second-order valence-electron chi connectivity index (χ2n) is 2.77. The van der Waals surface area contributed by atoms with Gasteiger partial charge in [0.1, 0.15) is 0 Å². The van der Waals surface area contributed by atoms with Crippen LogP contribution in [0.3, 0.4) is 0 Å². The van der Waals surface area contributed by atoms with Crippen molar-refractivity contribution in [2.24, 2.45) is 10.9 Å². The third-order valence-corrected chi connectivity index (χ3v) is 2.67. The van der Waals surface area contributed by atoms with E-state index in [1.54, 1.807) is 17.6 Å². The van der Waals surface area contributed by atoms with Crippen LogP contribution < -0.4 is 5.84 Å². The first-order valence-electron chi connectivity index (χ1n) is 4.64. The van der Waals surface area contributed by atoms with Crippen molar-refractivity contribution in [2.75, 3.05) is 0 Å². The van der Waals surface area contributed by atoms with E-state index in [0.717, 1.165) is 5.56 Å². The Hall–Kier alpha value is -2.70. The average Bonchev–Trinajstić information content (AvgIpc) is 2.99. The number of aromatic nitrogens is 1. The number of thiazole rings is 1. The lowest BCUT2D eigenvalue weighted by Gasteiger charge is -1.96. The Morgan fingerprint density at radius 2 is 1.78 bits per heavy atom. The molecule has 0 aliphatic rings. The third-order valence-electron chi connectivity index (χ3n) is 1.85. The Kier molecular flexibility index (Phi) is 8.09. The van der Waals surface area contributed by atoms with Crippen LogP contribution in [-0.2, 0) is 0 Å². The molecule has 1 aromatic carbocycles. The van der Waals surface area contributed by atoms with Gasteiger partial charge >= 0.3 is 0 Å². The van der Waals surface area contributed by atoms with E-state index in [-0.39, 0.29) is 0 Å². The molecule has 0 radical (unpaired) electrons. The van der Waals surface area contributed by atoms with Gasteiger partial charge in [0.25, 0.3) is 0 Å². The van der Waals surface area contributed by atoms with Crippen molar-refractivity contribution in [1.29, 1.82) is 10.5 Å². The van der Waals surface area contributed by atoms with Gasteiger partial charge in [-0.05, 0) is 11.1 Å². The van der Waals surface area contributed by atoms with Crippen molar-refractivity contribution in [3.63, 3.8) is 0 Å². The highest BCUT2D eigenvalue weighted by molar-refractivity contribution is 7.13. The first-order chi connectivity index (χ1) is 8.90. The molecule has 2 rings (SSSR count). The minimum Gasteiger partial charge on any atom is -0.323 e. The number of nitrogens with two attached hydrogens (primary N) is 1. The summed E-state index contributed by atoms with van der Waals surface area (Å²) < 4.78 is 0. The van der Waals surface area contributed by atoms with E-state index in [1.165, 1.54) is 10.4 Å². The lowest BCUT2D eigenvalue weighted by atomic mass is 10.1. The Labute approximate surface area is 109 Å². The summed E-state index contributed by atoms with van der Waals surface area (Å²) in [5.74, 6) is 5.05. The molecule has 1 heterocycles. The summed E-state index contributed by atoms with van der Waals surface area (Å²) in [6.45, 7) is 7.00. The van der Waals surface area contributed by atoms with E-state index in [4.69, 9.17) is 16.4 Å². The van der Waals surface area contributed by atoms with Gasteiger partial charge in [-0.1, -0.05) is 24.3 Å². The molecule has 0 saturated carbocycles. The van der Waals surface area contributed by atoms with Crippen LogP contribution in [0.25, 0.3) is 10.4 Å². The fraction of sp³-hybridized carbons (Fsp3) is 0. The summed E-state index contributed by atoms with van der Waals surface area (Å²) >= 11 is 1.63. The van der Waals surface area contributed by atoms with Gasteiger partial charge in [-0.3, -0.25) is 4.98 Å². The van der Waals surface area contributed by atoms with Gasteiger partial charge in [0.15, 0.2) is 0 Å².